The molecule has 4 aliphatic rings. The van der Waals surface area contributed by atoms with E-state index >= 15 is 0 Å². The van der Waals surface area contributed by atoms with Gasteiger partial charge in [0.1, 0.15) is 11.4 Å². The SMILES string of the molecule is COc1ccc(C2(C(=O)N3CC4(CC(N5CCCCC5)CO4)C3)CC2)cc1. The predicted octanol–water partition coefficient (Wildman–Crippen LogP) is 2.58. The van der Waals surface area contributed by atoms with Gasteiger partial charge in [0, 0.05) is 6.04 Å². The molecule has 1 atom stereocenters. The Kier molecular flexibility index (Phi) is 4.21. The largest absolute Gasteiger partial charge is 0.497 e. The summed E-state index contributed by atoms with van der Waals surface area (Å²) in [6, 6.07) is 8.59. The molecule has 27 heavy (non-hydrogen) atoms. The number of methoxy groups -OCH3 is 1. The highest BCUT2D eigenvalue weighted by Crippen LogP contribution is 2.51. The van der Waals surface area contributed by atoms with Gasteiger partial charge in [-0.3, -0.25) is 9.69 Å². The third-order valence-electron chi connectivity index (χ3n) is 7.14. The number of nitrogens with zero attached hydrogens (tertiary/aromatic N) is 2. The number of piperidine rings is 1. The third-order valence-corrected chi connectivity index (χ3v) is 7.14. The molecule has 4 fully saturated rings. The summed E-state index contributed by atoms with van der Waals surface area (Å²) in [4.78, 5) is 17.9. The number of ether oxygens (including phenoxy) is 2. The Morgan fingerprint density at radius 3 is 2.44 bits per heavy atom. The third kappa shape index (κ3) is 2.95. The number of carbonyl (C=O) groups is 1. The van der Waals surface area contributed by atoms with E-state index in [0.717, 1.165) is 50.3 Å². The Hall–Kier alpha value is -1.59. The molecule has 5 rings (SSSR count). The lowest BCUT2D eigenvalue weighted by molar-refractivity contribution is -0.160. The Labute approximate surface area is 161 Å². The lowest BCUT2D eigenvalue weighted by Gasteiger charge is -2.48. The molecule has 3 aliphatic heterocycles. The van der Waals surface area contributed by atoms with Crippen LogP contribution in [0.4, 0.5) is 0 Å². The number of likely N-dealkylation sites (tertiary alicyclic amines) is 2. The van der Waals surface area contributed by atoms with E-state index in [9.17, 15) is 4.79 Å². The van der Waals surface area contributed by atoms with Crippen LogP contribution in [0, 0.1) is 0 Å². The molecule has 1 spiro atoms. The first-order chi connectivity index (χ1) is 13.1. The smallest absolute Gasteiger partial charge is 0.233 e. The summed E-state index contributed by atoms with van der Waals surface area (Å²) in [6.45, 7) is 4.81. The molecule has 0 radical (unpaired) electrons. The summed E-state index contributed by atoms with van der Waals surface area (Å²) in [5, 5.41) is 0. The van der Waals surface area contributed by atoms with E-state index in [0.29, 0.717) is 11.9 Å². The van der Waals surface area contributed by atoms with Gasteiger partial charge < -0.3 is 14.4 Å². The van der Waals surface area contributed by atoms with Crippen molar-refractivity contribution in [3.8, 4) is 5.75 Å². The molecule has 0 N–H and O–H groups in total. The molecule has 0 bridgehead atoms. The Balaban J connectivity index is 1.21. The van der Waals surface area contributed by atoms with Crippen molar-refractivity contribution >= 4 is 5.91 Å². The second kappa shape index (κ2) is 6.49. The molecule has 1 saturated carbocycles. The molecule has 1 unspecified atom stereocenters. The van der Waals surface area contributed by atoms with Crippen LogP contribution in [0.1, 0.15) is 44.1 Å². The van der Waals surface area contributed by atoms with Crippen LogP contribution in [0.15, 0.2) is 24.3 Å². The topological polar surface area (TPSA) is 42.0 Å². The highest BCUT2D eigenvalue weighted by molar-refractivity contribution is 5.92. The van der Waals surface area contributed by atoms with E-state index in [1.165, 1.54) is 32.4 Å². The fourth-order valence-corrected chi connectivity index (χ4v) is 5.32. The predicted molar refractivity (Wildman–Crippen MR) is 103 cm³/mol. The van der Waals surface area contributed by atoms with Gasteiger partial charge in [-0.05, 0) is 62.9 Å². The zero-order chi connectivity index (χ0) is 18.5. The van der Waals surface area contributed by atoms with Gasteiger partial charge in [0.15, 0.2) is 0 Å². The summed E-state index contributed by atoms with van der Waals surface area (Å²) in [5.74, 6) is 1.14. The van der Waals surface area contributed by atoms with Crippen LogP contribution >= 0.6 is 0 Å². The second-order valence-corrected chi connectivity index (χ2v) is 8.92. The van der Waals surface area contributed by atoms with Gasteiger partial charge >= 0.3 is 0 Å². The lowest BCUT2D eigenvalue weighted by Crippen LogP contribution is -2.65. The quantitative estimate of drug-likeness (QED) is 0.817. The van der Waals surface area contributed by atoms with Crippen molar-refractivity contribution < 1.29 is 14.3 Å². The summed E-state index contributed by atoms with van der Waals surface area (Å²) >= 11 is 0. The van der Waals surface area contributed by atoms with Gasteiger partial charge in [-0.1, -0.05) is 18.6 Å². The highest BCUT2D eigenvalue weighted by Gasteiger charge is 2.59. The average molecular weight is 370 g/mol. The van der Waals surface area contributed by atoms with Crippen LogP contribution in [0.25, 0.3) is 0 Å². The molecule has 1 aromatic carbocycles. The van der Waals surface area contributed by atoms with Crippen molar-refractivity contribution in [2.24, 2.45) is 0 Å². The summed E-state index contributed by atoms with van der Waals surface area (Å²) < 4.78 is 11.5. The van der Waals surface area contributed by atoms with Crippen LogP contribution < -0.4 is 4.74 Å². The van der Waals surface area contributed by atoms with E-state index in [2.05, 4.69) is 17.0 Å². The second-order valence-electron chi connectivity index (χ2n) is 8.92. The van der Waals surface area contributed by atoms with Crippen LogP contribution in [0.2, 0.25) is 0 Å². The first kappa shape index (κ1) is 17.5. The zero-order valence-electron chi connectivity index (χ0n) is 16.3. The number of benzene rings is 1. The first-order valence-electron chi connectivity index (χ1n) is 10.5. The molecule has 5 nitrogen and oxygen atoms in total. The van der Waals surface area contributed by atoms with E-state index in [1.54, 1.807) is 7.11 Å². The molecular weight excluding hydrogens is 340 g/mol. The Bertz CT molecular complexity index is 701. The van der Waals surface area contributed by atoms with E-state index in [1.807, 2.05) is 17.0 Å². The minimum Gasteiger partial charge on any atom is -0.497 e. The van der Waals surface area contributed by atoms with Crippen molar-refractivity contribution in [1.82, 2.24) is 9.80 Å². The van der Waals surface area contributed by atoms with Crippen LogP contribution in [0.5, 0.6) is 5.75 Å². The Morgan fingerprint density at radius 2 is 1.81 bits per heavy atom. The summed E-state index contributed by atoms with van der Waals surface area (Å²) in [6.07, 6.45) is 7.01. The number of hydrogen-bond donors (Lipinski definition) is 0. The van der Waals surface area contributed by atoms with Crippen LogP contribution in [-0.4, -0.2) is 67.2 Å². The van der Waals surface area contributed by atoms with Crippen molar-refractivity contribution in [1.29, 1.82) is 0 Å². The molecule has 146 valence electrons. The van der Waals surface area contributed by atoms with Crippen molar-refractivity contribution in [2.45, 2.75) is 55.6 Å². The standard InChI is InChI=1S/C22H30N2O3/c1-26-19-7-5-17(6-8-19)22(9-10-22)20(25)24-15-21(16-24)13-18(14-27-21)23-11-3-2-4-12-23/h5-8,18H,2-4,9-16H2,1H3. The minimum absolute atomic E-state index is 0.0756. The van der Waals surface area contributed by atoms with Gasteiger partial charge in [-0.25, -0.2) is 0 Å². The monoisotopic (exact) mass is 370 g/mol. The maximum atomic E-state index is 13.2. The average Bonchev–Trinajstić information content (AvgIpc) is 3.38. The minimum atomic E-state index is -0.293. The van der Waals surface area contributed by atoms with Gasteiger partial charge in [-0.2, -0.15) is 0 Å². The molecule has 3 saturated heterocycles. The fraction of sp³-hybridized carbons (Fsp3) is 0.682. The van der Waals surface area contributed by atoms with Crippen molar-refractivity contribution in [3.63, 3.8) is 0 Å². The molecule has 0 aromatic heterocycles. The van der Waals surface area contributed by atoms with Gasteiger partial charge in [0.25, 0.3) is 0 Å². The number of rotatable bonds is 4. The zero-order valence-corrected chi connectivity index (χ0v) is 16.3. The molecule has 1 aliphatic carbocycles. The van der Waals surface area contributed by atoms with Crippen molar-refractivity contribution in [3.05, 3.63) is 29.8 Å². The number of hydrogen-bond acceptors (Lipinski definition) is 4. The van der Waals surface area contributed by atoms with Gasteiger partial charge in [0.2, 0.25) is 5.91 Å². The molecule has 1 aromatic rings. The number of amides is 1. The van der Waals surface area contributed by atoms with E-state index in [4.69, 9.17) is 9.47 Å². The fourth-order valence-electron chi connectivity index (χ4n) is 5.32. The lowest BCUT2D eigenvalue weighted by atomic mass is 9.85. The maximum absolute atomic E-state index is 13.2. The first-order valence-corrected chi connectivity index (χ1v) is 10.5. The van der Waals surface area contributed by atoms with E-state index in [-0.39, 0.29) is 11.0 Å². The number of carbonyl (C=O) groups excluding carboxylic acids is 1. The summed E-state index contributed by atoms with van der Waals surface area (Å²) in [5.41, 5.74) is 0.764. The highest BCUT2D eigenvalue weighted by atomic mass is 16.5. The van der Waals surface area contributed by atoms with Crippen LogP contribution in [-0.2, 0) is 14.9 Å². The molecule has 5 heteroatoms. The normalized spacial score (nSPS) is 28.8. The molecule has 1 amide bonds. The molecule has 3 heterocycles. The van der Waals surface area contributed by atoms with E-state index < -0.39 is 0 Å². The van der Waals surface area contributed by atoms with Gasteiger partial charge in [0.05, 0.1) is 32.2 Å². The van der Waals surface area contributed by atoms with Gasteiger partial charge in [-0.15, -0.1) is 0 Å². The molecular formula is C22H30N2O3. The van der Waals surface area contributed by atoms with Crippen LogP contribution in [0.3, 0.4) is 0 Å². The Morgan fingerprint density at radius 1 is 1.11 bits per heavy atom. The summed E-state index contributed by atoms with van der Waals surface area (Å²) in [7, 11) is 1.67. The maximum Gasteiger partial charge on any atom is 0.233 e. The van der Waals surface area contributed by atoms with Crippen molar-refractivity contribution in [2.75, 3.05) is 39.9 Å².